The zero-order valence-corrected chi connectivity index (χ0v) is 13.2. The molecule has 2 heterocycles. The third kappa shape index (κ3) is 2.65. The molecule has 4 nitrogen and oxygen atoms in total. The molecule has 0 bridgehead atoms. The van der Waals surface area contributed by atoms with E-state index in [2.05, 4.69) is 20.3 Å². The van der Waals surface area contributed by atoms with Gasteiger partial charge in [0.25, 0.3) is 0 Å². The van der Waals surface area contributed by atoms with Crippen molar-refractivity contribution in [2.24, 2.45) is 0 Å². The van der Waals surface area contributed by atoms with Crippen molar-refractivity contribution in [3.05, 3.63) is 41.1 Å². The fourth-order valence-electron chi connectivity index (χ4n) is 3.41. The van der Waals surface area contributed by atoms with Crippen molar-refractivity contribution >= 4 is 5.82 Å². The molecule has 1 saturated carbocycles. The molecule has 2 N–H and O–H groups in total. The molecule has 0 aromatic carbocycles. The van der Waals surface area contributed by atoms with E-state index in [4.69, 9.17) is 0 Å². The van der Waals surface area contributed by atoms with Gasteiger partial charge in [-0.15, -0.1) is 0 Å². The van der Waals surface area contributed by atoms with Crippen LogP contribution in [0.1, 0.15) is 48.5 Å². The summed E-state index contributed by atoms with van der Waals surface area (Å²) in [5.41, 5.74) is 0.942. The molecule has 24 heavy (non-hydrogen) atoms. The molecule has 0 spiro atoms. The second-order valence-corrected chi connectivity index (χ2v) is 6.68. The number of fused-ring (bicyclic) bond motifs is 1. The Bertz CT molecular complexity index is 706. The first kappa shape index (κ1) is 15.5. The van der Waals surface area contributed by atoms with Gasteiger partial charge in [-0.2, -0.15) is 13.2 Å². The highest BCUT2D eigenvalue weighted by Gasteiger charge is 2.64. The fraction of sp³-hybridized carbons (Fsp3) is 0.529. The Morgan fingerprint density at radius 3 is 2.58 bits per heavy atom. The van der Waals surface area contributed by atoms with Crippen LogP contribution in [0.2, 0.25) is 0 Å². The number of H-pyrrole nitrogens is 1. The Balaban J connectivity index is 1.42. The number of imidazole rings is 1. The van der Waals surface area contributed by atoms with Gasteiger partial charge in [-0.25, -0.2) is 9.97 Å². The molecule has 0 saturated heterocycles. The van der Waals surface area contributed by atoms with Gasteiger partial charge in [0.15, 0.2) is 0 Å². The van der Waals surface area contributed by atoms with Crippen LogP contribution in [0.25, 0.3) is 0 Å². The number of hydrogen-bond donors (Lipinski definition) is 2. The molecule has 2 aliphatic carbocycles. The lowest BCUT2D eigenvalue weighted by Gasteiger charge is -2.19. The van der Waals surface area contributed by atoms with Crippen molar-refractivity contribution in [1.82, 2.24) is 15.0 Å². The van der Waals surface area contributed by atoms with Crippen LogP contribution in [0, 0.1) is 0 Å². The molecule has 7 heteroatoms. The first-order chi connectivity index (χ1) is 11.5. The lowest BCUT2D eigenvalue weighted by atomic mass is 9.97. The third-order valence-electron chi connectivity index (χ3n) is 5.05. The van der Waals surface area contributed by atoms with Crippen molar-refractivity contribution < 1.29 is 13.2 Å². The van der Waals surface area contributed by atoms with Crippen LogP contribution in [0.4, 0.5) is 19.0 Å². The number of rotatable bonds is 4. The Morgan fingerprint density at radius 2 is 1.96 bits per heavy atom. The normalized spacial score (nSPS) is 19.0. The van der Waals surface area contributed by atoms with Gasteiger partial charge in [-0.1, -0.05) is 6.07 Å². The highest BCUT2D eigenvalue weighted by atomic mass is 19.4. The second kappa shape index (κ2) is 5.50. The summed E-state index contributed by atoms with van der Waals surface area (Å²) < 4.78 is 39.3. The molecule has 2 aromatic heterocycles. The number of aromatic amines is 1. The molecular weight excluding hydrogens is 317 g/mol. The molecule has 0 radical (unpaired) electrons. The predicted octanol–water partition coefficient (Wildman–Crippen LogP) is 3.89. The molecular formula is C17H19F3N4. The number of anilines is 1. The van der Waals surface area contributed by atoms with Gasteiger partial charge >= 0.3 is 6.18 Å². The minimum Gasteiger partial charge on any atom is -0.363 e. The minimum absolute atomic E-state index is 0.156. The Kier molecular flexibility index (Phi) is 3.54. The maximum Gasteiger partial charge on any atom is 0.398 e. The summed E-state index contributed by atoms with van der Waals surface area (Å²) in [6.45, 7) is 0.490. The molecule has 2 aromatic rings. The van der Waals surface area contributed by atoms with Crippen molar-refractivity contribution in [3.63, 3.8) is 0 Å². The van der Waals surface area contributed by atoms with Gasteiger partial charge in [0.2, 0.25) is 0 Å². The quantitative estimate of drug-likeness (QED) is 0.891. The van der Waals surface area contributed by atoms with Crippen LogP contribution >= 0.6 is 0 Å². The van der Waals surface area contributed by atoms with E-state index >= 15 is 0 Å². The number of nitrogens with one attached hydrogen (secondary N) is 2. The zero-order valence-electron chi connectivity index (χ0n) is 13.2. The SMILES string of the molecule is FC(F)(F)C1(c2ccc(NCc3nc4c([nH]3)CCCC4)nc2)CC1. The first-order valence-corrected chi connectivity index (χ1v) is 8.32. The van der Waals surface area contributed by atoms with Gasteiger partial charge < -0.3 is 10.3 Å². The van der Waals surface area contributed by atoms with E-state index < -0.39 is 11.6 Å². The van der Waals surface area contributed by atoms with E-state index in [9.17, 15) is 13.2 Å². The number of pyridine rings is 1. The molecule has 1 fully saturated rings. The molecule has 0 aliphatic heterocycles. The third-order valence-corrected chi connectivity index (χ3v) is 5.05. The predicted molar refractivity (Wildman–Crippen MR) is 83.8 cm³/mol. The summed E-state index contributed by atoms with van der Waals surface area (Å²) in [6.07, 6.45) is 1.87. The van der Waals surface area contributed by atoms with Crippen LogP contribution < -0.4 is 5.32 Å². The van der Waals surface area contributed by atoms with Crippen molar-refractivity contribution in [3.8, 4) is 0 Å². The molecule has 2 aliphatic rings. The van der Waals surface area contributed by atoms with E-state index in [0.29, 0.717) is 12.4 Å². The highest BCUT2D eigenvalue weighted by Crippen LogP contribution is 2.58. The van der Waals surface area contributed by atoms with Gasteiger partial charge in [0.05, 0.1) is 17.7 Å². The maximum absolute atomic E-state index is 13.1. The fourth-order valence-corrected chi connectivity index (χ4v) is 3.41. The standard InChI is InChI=1S/C17H19F3N4/c18-17(19,20)16(7-8-16)11-5-6-14(21-9-11)22-10-15-23-12-3-1-2-4-13(12)24-15/h5-6,9H,1-4,7-8,10H2,(H,21,22)(H,23,24). The second-order valence-electron chi connectivity index (χ2n) is 6.68. The molecule has 0 atom stereocenters. The Labute approximate surface area is 137 Å². The van der Waals surface area contributed by atoms with E-state index in [1.165, 1.54) is 30.8 Å². The molecule has 128 valence electrons. The monoisotopic (exact) mass is 336 g/mol. The minimum atomic E-state index is -4.20. The number of nitrogens with zero attached hydrogens (tertiary/aromatic N) is 2. The van der Waals surface area contributed by atoms with Crippen LogP contribution in [-0.2, 0) is 24.8 Å². The van der Waals surface area contributed by atoms with Gasteiger partial charge in [-0.05, 0) is 50.2 Å². The largest absolute Gasteiger partial charge is 0.398 e. The van der Waals surface area contributed by atoms with Gasteiger partial charge in [0.1, 0.15) is 11.6 Å². The summed E-state index contributed by atoms with van der Waals surface area (Å²) >= 11 is 0. The Morgan fingerprint density at radius 1 is 1.17 bits per heavy atom. The number of halogens is 3. The van der Waals surface area contributed by atoms with E-state index in [0.717, 1.165) is 24.4 Å². The molecule has 0 amide bonds. The average molecular weight is 336 g/mol. The Hall–Kier alpha value is -2.05. The number of hydrogen-bond acceptors (Lipinski definition) is 3. The lowest BCUT2D eigenvalue weighted by molar-refractivity contribution is -0.160. The summed E-state index contributed by atoms with van der Waals surface area (Å²) in [5.74, 6) is 1.41. The first-order valence-electron chi connectivity index (χ1n) is 8.32. The number of alkyl halides is 3. The van der Waals surface area contributed by atoms with Crippen LogP contribution in [0.3, 0.4) is 0 Å². The van der Waals surface area contributed by atoms with E-state index in [1.54, 1.807) is 6.07 Å². The van der Waals surface area contributed by atoms with Crippen LogP contribution in [0.15, 0.2) is 18.3 Å². The van der Waals surface area contributed by atoms with Gasteiger partial charge in [0, 0.05) is 11.9 Å². The smallest absolute Gasteiger partial charge is 0.363 e. The number of aryl methyl sites for hydroxylation is 2. The van der Waals surface area contributed by atoms with Crippen molar-refractivity contribution in [2.75, 3.05) is 5.32 Å². The summed E-state index contributed by atoms with van der Waals surface area (Å²) in [4.78, 5) is 12.0. The summed E-state index contributed by atoms with van der Waals surface area (Å²) in [7, 11) is 0. The highest BCUT2D eigenvalue weighted by molar-refractivity contribution is 5.40. The van der Waals surface area contributed by atoms with Crippen LogP contribution in [-0.4, -0.2) is 21.1 Å². The van der Waals surface area contributed by atoms with E-state index in [1.807, 2.05) is 0 Å². The summed E-state index contributed by atoms with van der Waals surface area (Å²) in [6, 6.07) is 3.15. The summed E-state index contributed by atoms with van der Waals surface area (Å²) in [5, 5.41) is 3.12. The van der Waals surface area contributed by atoms with Crippen LogP contribution in [0.5, 0.6) is 0 Å². The average Bonchev–Trinajstić information content (AvgIpc) is 3.28. The van der Waals surface area contributed by atoms with Crippen molar-refractivity contribution in [1.29, 1.82) is 0 Å². The molecule has 4 rings (SSSR count). The molecule has 0 unspecified atom stereocenters. The topological polar surface area (TPSA) is 53.6 Å². The lowest BCUT2D eigenvalue weighted by Crippen LogP contribution is -2.28. The van der Waals surface area contributed by atoms with E-state index in [-0.39, 0.29) is 18.4 Å². The van der Waals surface area contributed by atoms with Crippen molar-refractivity contribution in [2.45, 2.75) is 56.7 Å². The van der Waals surface area contributed by atoms with Gasteiger partial charge in [-0.3, -0.25) is 0 Å². The maximum atomic E-state index is 13.1. The zero-order chi connectivity index (χ0) is 16.8. The number of aromatic nitrogens is 3.